The van der Waals surface area contributed by atoms with Crippen LogP contribution in [-0.4, -0.2) is 0 Å². The van der Waals surface area contributed by atoms with Crippen LogP contribution in [-0.2, 0) is 0 Å². The zero-order valence-electron chi connectivity index (χ0n) is 7.59. The molecular formula is C12H10S2. The second kappa shape index (κ2) is 4.94. The molecule has 70 valence electrons. The van der Waals surface area contributed by atoms with Crippen LogP contribution in [0.4, 0.5) is 0 Å². The average Bonchev–Trinajstić information content (AvgIpc) is 2.86. The molecule has 2 rings (SSSR count). The third-order valence-corrected chi connectivity index (χ3v) is 3.39. The van der Waals surface area contributed by atoms with Gasteiger partial charge in [-0.15, -0.1) is 22.7 Å². The summed E-state index contributed by atoms with van der Waals surface area (Å²) in [5.41, 5.74) is 0. The zero-order valence-corrected chi connectivity index (χ0v) is 9.22. The van der Waals surface area contributed by atoms with Gasteiger partial charge in [0.15, 0.2) is 0 Å². The van der Waals surface area contributed by atoms with Gasteiger partial charge in [0.1, 0.15) is 0 Å². The Kier molecular flexibility index (Phi) is 3.33. The van der Waals surface area contributed by atoms with Crippen molar-refractivity contribution in [1.29, 1.82) is 0 Å². The van der Waals surface area contributed by atoms with E-state index >= 15 is 0 Å². The van der Waals surface area contributed by atoms with Crippen molar-refractivity contribution in [3.63, 3.8) is 0 Å². The maximum atomic E-state index is 2.12. The quantitative estimate of drug-likeness (QED) is 0.664. The monoisotopic (exact) mass is 218 g/mol. The summed E-state index contributed by atoms with van der Waals surface area (Å²) < 4.78 is 0. The highest BCUT2D eigenvalue weighted by molar-refractivity contribution is 7.11. The predicted octanol–water partition coefficient (Wildman–Crippen LogP) is 4.54. The van der Waals surface area contributed by atoms with Gasteiger partial charge < -0.3 is 0 Å². The fourth-order valence-electron chi connectivity index (χ4n) is 1.07. The van der Waals surface area contributed by atoms with E-state index in [4.69, 9.17) is 0 Å². The van der Waals surface area contributed by atoms with E-state index in [1.165, 1.54) is 9.75 Å². The molecule has 0 fully saturated rings. The van der Waals surface area contributed by atoms with E-state index < -0.39 is 0 Å². The van der Waals surface area contributed by atoms with Gasteiger partial charge in [-0.3, -0.25) is 0 Å². The molecule has 0 aliphatic rings. The van der Waals surface area contributed by atoms with E-state index in [2.05, 4.69) is 59.3 Å². The lowest BCUT2D eigenvalue weighted by Gasteiger charge is -1.81. The molecule has 0 saturated carbocycles. The lowest BCUT2D eigenvalue weighted by molar-refractivity contribution is 1.92. The Morgan fingerprint density at radius 1 is 0.786 bits per heavy atom. The van der Waals surface area contributed by atoms with Crippen molar-refractivity contribution in [2.45, 2.75) is 0 Å². The van der Waals surface area contributed by atoms with E-state index in [0.29, 0.717) is 0 Å². The number of hydrogen-bond acceptors (Lipinski definition) is 2. The van der Waals surface area contributed by atoms with Gasteiger partial charge in [-0.25, -0.2) is 0 Å². The smallest absolute Gasteiger partial charge is 0.0270 e. The molecule has 2 aromatic rings. The van der Waals surface area contributed by atoms with E-state index in [-0.39, 0.29) is 0 Å². The van der Waals surface area contributed by atoms with Gasteiger partial charge >= 0.3 is 0 Å². The molecular weight excluding hydrogens is 208 g/mol. The SMILES string of the molecule is C(C=Cc1cccs1)=Cc1cccs1. The van der Waals surface area contributed by atoms with E-state index in [0.717, 1.165) is 0 Å². The second-order valence-corrected chi connectivity index (χ2v) is 4.71. The maximum Gasteiger partial charge on any atom is 0.0270 e. The summed E-state index contributed by atoms with van der Waals surface area (Å²) >= 11 is 3.51. The molecule has 0 aromatic carbocycles. The van der Waals surface area contributed by atoms with Crippen LogP contribution in [0, 0.1) is 0 Å². The maximum absolute atomic E-state index is 2.12. The molecule has 2 aromatic heterocycles. The van der Waals surface area contributed by atoms with Crippen LogP contribution in [0.25, 0.3) is 12.2 Å². The summed E-state index contributed by atoms with van der Waals surface area (Å²) in [6.07, 6.45) is 8.39. The molecule has 2 heterocycles. The van der Waals surface area contributed by atoms with Gasteiger partial charge in [0, 0.05) is 9.75 Å². The molecule has 0 amide bonds. The molecule has 0 unspecified atom stereocenters. The highest BCUT2D eigenvalue weighted by atomic mass is 32.1. The number of allylic oxidation sites excluding steroid dienone is 2. The first-order chi connectivity index (χ1) is 6.95. The Labute approximate surface area is 91.8 Å². The minimum absolute atomic E-state index is 1.29. The first-order valence-electron chi connectivity index (χ1n) is 4.37. The van der Waals surface area contributed by atoms with E-state index in [9.17, 15) is 0 Å². The molecule has 0 nitrogen and oxygen atoms in total. The standard InChI is InChI=1S/C12H10S2/c1(5-11-7-3-9-13-11)2-6-12-8-4-10-14-12/h1-10H. The number of hydrogen-bond donors (Lipinski definition) is 0. The number of rotatable bonds is 3. The van der Waals surface area contributed by atoms with Crippen molar-refractivity contribution in [1.82, 2.24) is 0 Å². The van der Waals surface area contributed by atoms with Crippen molar-refractivity contribution in [2.24, 2.45) is 0 Å². The molecule has 14 heavy (non-hydrogen) atoms. The molecule has 2 heteroatoms. The normalized spacial score (nSPS) is 11.7. The van der Waals surface area contributed by atoms with Crippen LogP contribution in [0.3, 0.4) is 0 Å². The van der Waals surface area contributed by atoms with Crippen molar-refractivity contribution in [3.05, 3.63) is 56.9 Å². The van der Waals surface area contributed by atoms with Crippen molar-refractivity contribution in [2.75, 3.05) is 0 Å². The molecule has 0 saturated heterocycles. The summed E-state index contributed by atoms with van der Waals surface area (Å²) in [4.78, 5) is 2.58. The minimum atomic E-state index is 1.29. The predicted molar refractivity (Wildman–Crippen MR) is 66.7 cm³/mol. The Balaban J connectivity index is 1.94. The third-order valence-electron chi connectivity index (χ3n) is 1.72. The van der Waals surface area contributed by atoms with Gasteiger partial charge in [0.05, 0.1) is 0 Å². The summed E-state index contributed by atoms with van der Waals surface area (Å²) in [5, 5.41) is 4.17. The topological polar surface area (TPSA) is 0 Å². The summed E-state index contributed by atoms with van der Waals surface area (Å²) in [5.74, 6) is 0. The van der Waals surface area contributed by atoms with Gasteiger partial charge in [0.25, 0.3) is 0 Å². The molecule has 0 aliphatic heterocycles. The fourth-order valence-corrected chi connectivity index (χ4v) is 2.33. The van der Waals surface area contributed by atoms with Crippen molar-refractivity contribution >= 4 is 34.8 Å². The fraction of sp³-hybridized carbons (Fsp3) is 0. The first kappa shape index (κ1) is 9.44. The van der Waals surface area contributed by atoms with E-state index in [1.54, 1.807) is 22.7 Å². The first-order valence-corrected chi connectivity index (χ1v) is 6.13. The van der Waals surface area contributed by atoms with Crippen LogP contribution >= 0.6 is 22.7 Å². The van der Waals surface area contributed by atoms with Gasteiger partial charge in [-0.05, 0) is 35.0 Å². The molecule has 0 bridgehead atoms. The van der Waals surface area contributed by atoms with Crippen LogP contribution in [0.15, 0.2) is 47.2 Å². The Hall–Kier alpha value is -1.12. The van der Waals surface area contributed by atoms with Gasteiger partial charge in [0.2, 0.25) is 0 Å². The van der Waals surface area contributed by atoms with Crippen LogP contribution < -0.4 is 0 Å². The largest absolute Gasteiger partial charge is 0.144 e. The van der Waals surface area contributed by atoms with Crippen LogP contribution in [0.2, 0.25) is 0 Å². The summed E-state index contributed by atoms with van der Waals surface area (Å²) in [7, 11) is 0. The van der Waals surface area contributed by atoms with E-state index in [1.807, 2.05) is 0 Å². The van der Waals surface area contributed by atoms with Gasteiger partial charge in [-0.2, -0.15) is 0 Å². The van der Waals surface area contributed by atoms with Gasteiger partial charge in [-0.1, -0.05) is 24.3 Å². The summed E-state index contributed by atoms with van der Waals surface area (Å²) in [6.45, 7) is 0. The molecule has 0 radical (unpaired) electrons. The minimum Gasteiger partial charge on any atom is -0.144 e. The Morgan fingerprint density at radius 2 is 1.29 bits per heavy atom. The summed E-state index contributed by atoms with van der Waals surface area (Å²) in [6, 6.07) is 8.35. The Morgan fingerprint density at radius 3 is 1.64 bits per heavy atom. The van der Waals surface area contributed by atoms with Crippen molar-refractivity contribution in [3.8, 4) is 0 Å². The average molecular weight is 218 g/mol. The molecule has 0 aliphatic carbocycles. The lowest BCUT2D eigenvalue weighted by Crippen LogP contribution is -1.56. The molecule has 0 spiro atoms. The highest BCUT2D eigenvalue weighted by Gasteiger charge is 1.84. The molecule has 0 atom stereocenters. The zero-order chi connectivity index (χ0) is 9.64. The van der Waals surface area contributed by atoms with Crippen LogP contribution in [0.5, 0.6) is 0 Å². The lowest BCUT2D eigenvalue weighted by atomic mass is 10.3. The highest BCUT2D eigenvalue weighted by Crippen LogP contribution is 2.12. The molecule has 0 N–H and O–H groups in total. The second-order valence-electron chi connectivity index (χ2n) is 2.75. The third kappa shape index (κ3) is 2.69. The number of thiophene rings is 2. The Bertz CT molecular complexity index is 363. The van der Waals surface area contributed by atoms with Crippen molar-refractivity contribution < 1.29 is 0 Å². The van der Waals surface area contributed by atoms with Crippen LogP contribution in [0.1, 0.15) is 9.75 Å².